The number of aromatic nitrogens is 1. The van der Waals surface area contributed by atoms with Gasteiger partial charge in [-0.25, -0.2) is 4.79 Å². The first-order valence-corrected chi connectivity index (χ1v) is 6.31. The third-order valence-electron chi connectivity index (χ3n) is 2.67. The maximum atomic E-state index is 11.0. The summed E-state index contributed by atoms with van der Waals surface area (Å²) in [6.07, 6.45) is 3.95. The first-order chi connectivity index (χ1) is 7.41. The van der Waals surface area contributed by atoms with Crippen LogP contribution in [0.2, 0.25) is 0 Å². The molecule has 1 unspecified atom stereocenters. The van der Waals surface area contributed by atoms with Gasteiger partial charge >= 0.3 is 5.97 Å². The molecule has 16 heavy (non-hydrogen) atoms. The van der Waals surface area contributed by atoms with Gasteiger partial charge in [0.05, 0.1) is 0 Å². The smallest absolute Gasteiger partial charge is 0.352 e. The highest BCUT2D eigenvalue weighted by atomic mass is 79.9. The van der Waals surface area contributed by atoms with E-state index >= 15 is 0 Å². The second kappa shape index (κ2) is 5.53. The van der Waals surface area contributed by atoms with Gasteiger partial charge in [-0.05, 0) is 47.7 Å². The van der Waals surface area contributed by atoms with Crippen molar-refractivity contribution in [2.75, 3.05) is 0 Å². The van der Waals surface area contributed by atoms with Crippen molar-refractivity contribution in [3.05, 3.63) is 22.4 Å². The van der Waals surface area contributed by atoms with Crippen molar-refractivity contribution >= 4 is 21.9 Å². The summed E-state index contributed by atoms with van der Waals surface area (Å²) in [4.78, 5) is 11.0. The molecule has 0 fully saturated rings. The van der Waals surface area contributed by atoms with Gasteiger partial charge in [0.2, 0.25) is 0 Å². The Bertz CT molecular complexity index is 371. The monoisotopic (exact) mass is 287 g/mol. The quantitative estimate of drug-likeness (QED) is 0.891. The number of carbonyl (C=O) groups is 1. The largest absolute Gasteiger partial charge is 0.477 e. The van der Waals surface area contributed by atoms with Gasteiger partial charge < -0.3 is 9.67 Å². The molecule has 1 atom stereocenters. The van der Waals surface area contributed by atoms with Crippen LogP contribution in [0.15, 0.2) is 16.7 Å². The van der Waals surface area contributed by atoms with E-state index in [1.54, 1.807) is 6.07 Å². The lowest BCUT2D eigenvalue weighted by Crippen LogP contribution is -2.12. The first-order valence-electron chi connectivity index (χ1n) is 5.52. The van der Waals surface area contributed by atoms with E-state index in [1.807, 2.05) is 10.8 Å². The second-order valence-electron chi connectivity index (χ2n) is 4.58. The standard InChI is InChI=1S/C12H18BrNO2/c1-8(2)4-5-9(3)14-7-10(13)6-11(14)12(15)16/h6-9H,4-5H2,1-3H3,(H,15,16). The number of nitrogens with zero attached hydrogens (tertiary/aromatic N) is 1. The Morgan fingerprint density at radius 1 is 1.44 bits per heavy atom. The molecule has 0 bridgehead atoms. The summed E-state index contributed by atoms with van der Waals surface area (Å²) in [5, 5.41) is 9.06. The number of aromatic carboxylic acids is 1. The zero-order chi connectivity index (χ0) is 12.3. The van der Waals surface area contributed by atoms with Crippen LogP contribution in [0.1, 0.15) is 50.1 Å². The SMILES string of the molecule is CC(C)CCC(C)n1cc(Br)cc1C(=O)O. The third-order valence-corrected chi connectivity index (χ3v) is 3.10. The van der Waals surface area contributed by atoms with Crippen LogP contribution in [-0.4, -0.2) is 15.6 Å². The maximum absolute atomic E-state index is 11.0. The summed E-state index contributed by atoms with van der Waals surface area (Å²) < 4.78 is 2.65. The maximum Gasteiger partial charge on any atom is 0.352 e. The molecule has 1 heterocycles. The molecule has 0 aliphatic rings. The molecule has 4 heteroatoms. The number of carboxylic acid groups (broad SMARTS) is 1. The van der Waals surface area contributed by atoms with Crippen molar-refractivity contribution < 1.29 is 9.90 Å². The fourth-order valence-electron chi connectivity index (χ4n) is 1.70. The van der Waals surface area contributed by atoms with Gasteiger partial charge in [0.1, 0.15) is 5.69 Å². The average Bonchev–Trinajstić information content (AvgIpc) is 2.56. The highest BCUT2D eigenvalue weighted by Crippen LogP contribution is 2.23. The molecule has 0 amide bonds. The van der Waals surface area contributed by atoms with Crippen molar-refractivity contribution in [3.63, 3.8) is 0 Å². The van der Waals surface area contributed by atoms with E-state index in [1.165, 1.54) is 0 Å². The van der Waals surface area contributed by atoms with Crippen LogP contribution in [0.5, 0.6) is 0 Å². The van der Waals surface area contributed by atoms with E-state index in [9.17, 15) is 4.79 Å². The Morgan fingerprint density at radius 3 is 2.56 bits per heavy atom. The number of hydrogen-bond acceptors (Lipinski definition) is 1. The molecule has 1 aromatic rings. The second-order valence-corrected chi connectivity index (χ2v) is 5.49. The van der Waals surface area contributed by atoms with E-state index in [-0.39, 0.29) is 6.04 Å². The predicted octanol–water partition coefficient (Wildman–Crippen LogP) is 3.95. The van der Waals surface area contributed by atoms with Crippen LogP contribution in [0.4, 0.5) is 0 Å². The van der Waals surface area contributed by atoms with Crippen LogP contribution >= 0.6 is 15.9 Å². The molecule has 0 aromatic carbocycles. The molecule has 1 aromatic heterocycles. The first kappa shape index (κ1) is 13.3. The molecular formula is C12H18BrNO2. The number of halogens is 1. The fourth-order valence-corrected chi connectivity index (χ4v) is 2.13. The molecular weight excluding hydrogens is 270 g/mol. The van der Waals surface area contributed by atoms with Crippen LogP contribution in [0.3, 0.4) is 0 Å². The normalized spacial score (nSPS) is 13.1. The molecule has 0 spiro atoms. The number of hydrogen-bond donors (Lipinski definition) is 1. The summed E-state index contributed by atoms with van der Waals surface area (Å²) >= 11 is 3.32. The Morgan fingerprint density at radius 2 is 2.06 bits per heavy atom. The van der Waals surface area contributed by atoms with E-state index in [4.69, 9.17) is 5.11 Å². The molecule has 0 aliphatic heterocycles. The Labute approximate surface area is 105 Å². The minimum atomic E-state index is -0.873. The van der Waals surface area contributed by atoms with E-state index in [0.29, 0.717) is 11.6 Å². The summed E-state index contributed by atoms with van der Waals surface area (Å²) in [7, 11) is 0. The molecule has 0 saturated carbocycles. The van der Waals surface area contributed by atoms with Crippen LogP contribution in [0, 0.1) is 5.92 Å². The third kappa shape index (κ3) is 3.37. The van der Waals surface area contributed by atoms with Gasteiger partial charge in [0.15, 0.2) is 0 Å². The van der Waals surface area contributed by atoms with Crippen molar-refractivity contribution in [3.8, 4) is 0 Å². The molecule has 90 valence electrons. The van der Waals surface area contributed by atoms with Crippen molar-refractivity contribution in [1.29, 1.82) is 0 Å². The van der Waals surface area contributed by atoms with Gasteiger partial charge in [-0.1, -0.05) is 13.8 Å². The zero-order valence-corrected chi connectivity index (χ0v) is 11.5. The van der Waals surface area contributed by atoms with Crippen molar-refractivity contribution in [2.45, 2.75) is 39.7 Å². The number of rotatable bonds is 5. The molecule has 0 saturated heterocycles. The highest BCUT2D eigenvalue weighted by molar-refractivity contribution is 9.10. The molecule has 3 nitrogen and oxygen atoms in total. The van der Waals surface area contributed by atoms with Gasteiger partial charge in [0.25, 0.3) is 0 Å². The number of carboxylic acids is 1. The van der Waals surface area contributed by atoms with Gasteiger partial charge in [0, 0.05) is 16.7 Å². The molecule has 0 radical (unpaired) electrons. The van der Waals surface area contributed by atoms with E-state index in [0.717, 1.165) is 17.3 Å². The summed E-state index contributed by atoms with van der Waals surface area (Å²) in [6.45, 7) is 6.41. The van der Waals surface area contributed by atoms with Gasteiger partial charge in [-0.2, -0.15) is 0 Å². The fraction of sp³-hybridized carbons (Fsp3) is 0.583. The van der Waals surface area contributed by atoms with Crippen molar-refractivity contribution in [1.82, 2.24) is 4.57 Å². The van der Waals surface area contributed by atoms with Gasteiger partial charge in [-0.15, -0.1) is 0 Å². The summed E-state index contributed by atoms with van der Waals surface area (Å²) in [5.74, 6) is -0.225. The van der Waals surface area contributed by atoms with E-state index < -0.39 is 5.97 Å². The lowest BCUT2D eigenvalue weighted by atomic mass is 10.0. The summed E-state index contributed by atoms with van der Waals surface area (Å²) in [5.41, 5.74) is 0.350. The topological polar surface area (TPSA) is 42.2 Å². The molecule has 1 N–H and O–H groups in total. The predicted molar refractivity (Wildman–Crippen MR) is 67.9 cm³/mol. The molecule has 1 rings (SSSR count). The minimum absolute atomic E-state index is 0.222. The zero-order valence-electron chi connectivity index (χ0n) is 9.90. The summed E-state index contributed by atoms with van der Waals surface area (Å²) in [6, 6.07) is 1.87. The van der Waals surface area contributed by atoms with E-state index in [2.05, 4.69) is 36.7 Å². The average molecular weight is 288 g/mol. The minimum Gasteiger partial charge on any atom is -0.477 e. The van der Waals surface area contributed by atoms with Crippen molar-refractivity contribution in [2.24, 2.45) is 5.92 Å². The Balaban J connectivity index is 2.81. The van der Waals surface area contributed by atoms with Gasteiger partial charge in [-0.3, -0.25) is 0 Å². The molecule has 0 aliphatic carbocycles. The lowest BCUT2D eigenvalue weighted by molar-refractivity contribution is 0.0682. The Hall–Kier alpha value is -0.770. The van der Waals surface area contributed by atoms with Crippen LogP contribution in [-0.2, 0) is 0 Å². The highest BCUT2D eigenvalue weighted by Gasteiger charge is 2.16. The Kier molecular flexibility index (Phi) is 4.59. The van der Waals surface area contributed by atoms with Crippen LogP contribution in [0.25, 0.3) is 0 Å². The van der Waals surface area contributed by atoms with Crippen LogP contribution < -0.4 is 0 Å². The lowest BCUT2D eigenvalue weighted by Gasteiger charge is -2.16.